The molecule has 6 nitrogen and oxygen atoms in total. The molecule has 0 saturated heterocycles. The van der Waals surface area contributed by atoms with Gasteiger partial charge in [0.05, 0.1) is 21.8 Å². The zero-order chi connectivity index (χ0) is 23.7. The van der Waals surface area contributed by atoms with Crippen molar-refractivity contribution in [2.75, 3.05) is 0 Å². The summed E-state index contributed by atoms with van der Waals surface area (Å²) in [5.74, 6) is -1.10. The second kappa shape index (κ2) is 9.53. The van der Waals surface area contributed by atoms with Crippen LogP contribution in [0.2, 0.25) is 15.2 Å². The van der Waals surface area contributed by atoms with E-state index in [1.165, 1.54) is 6.07 Å². The van der Waals surface area contributed by atoms with Crippen LogP contribution in [-0.2, 0) is 6.54 Å². The van der Waals surface area contributed by atoms with Gasteiger partial charge in [-0.1, -0.05) is 40.9 Å². The number of hydrogen-bond acceptors (Lipinski definition) is 4. The number of ether oxygens (including phenoxy) is 1. The highest BCUT2D eigenvalue weighted by atomic mass is 35.5. The lowest BCUT2D eigenvalue weighted by molar-refractivity contribution is 0.0695. The minimum absolute atomic E-state index is 0.130. The molecule has 3 aromatic rings. The molecular formula is C23H21Cl3N2O4. The lowest BCUT2D eigenvalue weighted by atomic mass is 9.96. The molecule has 2 aromatic heterocycles. The van der Waals surface area contributed by atoms with Gasteiger partial charge in [-0.3, -0.25) is 4.79 Å². The van der Waals surface area contributed by atoms with Gasteiger partial charge < -0.3 is 14.4 Å². The molecule has 0 spiro atoms. The zero-order valence-electron chi connectivity index (χ0n) is 17.9. The molecule has 0 fully saturated rings. The van der Waals surface area contributed by atoms with Crippen molar-refractivity contribution < 1.29 is 14.6 Å². The van der Waals surface area contributed by atoms with Gasteiger partial charge >= 0.3 is 5.97 Å². The van der Waals surface area contributed by atoms with Gasteiger partial charge in [0.25, 0.3) is 0 Å². The molecule has 0 aliphatic rings. The number of halogens is 3. The van der Waals surface area contributed by atoms with Crippen LogP contribution in [0.15, 0.2) is 35.1 Å². The van der Waals surface area contributed by atoms with Crippen molar-refractivity contribution in [3.63, 3.8) is 0 Å². The molecule has 168 valence electrons. The van der Waals surface area contributed by atoms with Crippen LogP contribution < -0.4 is 10.2 Å². The molecule has 0 radical (unpaired) electrons. The molecular weight excluding hydrogens is 475 g/mol. The maximum absolute atomic E-state index is 13.5. The topological polar surface area (TPSA) is 81.4 Å². The van der Waals surface area contributed by atoms with Gasteiger partial charge in [-0.05, 0) is 51.5 Å². The summed E-state index contributed by atoms with van der Waals surface area (Å²) in [6.07, 6.45) is -0.158. The average molecular weight is 496 g/mol. The number of nitrogens with zero attached hydrogens (tertiary/aromatic N) is 2. The third-order valence-corrected chi connectivity index (χ3v) is 5.80. The quantitative estimate of drug-likeness (QED) is 0.403. The van der Waals surface area contributed by atoms with E-state index in [0.717, 1.165) is 0 Å². The van der Waals surface area contributed by atoms with E-state index in [0.29, 0.717) is 28.4 Å². The van der Waals surface area contributed by atoms with Crippen molar-refractivity contribution in [3.8, 4) is 28.3 Å². The van der Waals surface area contributed by atoms with Gasteiger partial charge in [0, 0.05) is 29.4 Å². The van der Waals surface area contributed by atoms with Crippen LogP contribution in [-0.4, -0.2) is 26.7 Å². The molecule has 0 bridgehead atoms. The Balaban J connectivity index is 2.40. The molecule has 0 aliphatic heterocycles. The Morgan fingerprint density at radius 3 is 2.38 bits per heavy atom. The molecule has 3 rings (SSSR count). The van der Waals surface area contributed by atoms with Crippen molar-refractivity contribution in [3.05, 3.63) is 67.0 Å². The molecule has 0 unspecified atom stereocenters. The number of aromatic nitrogens is 2. The van der Waals surface area contributed by atoms with Crippen LogP contribution in [0.4, 0.5) is 0 Å². The summed E-state index contributed by atoms with van der Waals surface area (Å²) in [5, 5.41) is 10.7. The summed E-state index contributed by atoms with van der Waals surface area (Å²) < 4.78 is 7.40. The van der Waals surface area contributed by atoms with Crippen molar-refractivity contribution in [2.24, 2.45) is 0 Å². The number of rotatable bonds is 6. The van der Waals surface area contributed by atoms with E-state index < -0.39 is 11.4 Å². The first-order chi connectivity index (χ1) is 15.0. The normalized spacial score (nSPS) is 11.1. The summed E-state index contributed by atoms with van der Waals surface area (Å²) >= 11 is 18.4. The maximum Gasteiger partial charge on any atom is 0.341 e. The molecule has 2 heterocycles. The summed E-state index contributed by atoms with van der Waals surface area (Å²) in [6.45, 7) is 7.70. The zero-order valence-corrected chi connectivity index (χ0v) is 20.1. The van der Waals surface area contributed by atoms with Gasteiger partial charge in [-0.15, -0.1) is 0 Å². The predicted molar refractivity (Wildman–Crippen MR) is 128 cm³/mol. The van der Waals surface area contributed by atoms with E-state index in [1.807, 2.05) is 20.8 Å². The maximum atomic E-state index is 13.5. The standard InChI is InChI=1S/C23H21Cl3N2O4/c1-5-28-12(4)19(14-9-17(26)27-18(10-14)32-11(2)3)22(29)20(23(30)31)21(28)13-6-7-15(24)16(25)8-13/h6-11H,5H2,1-4H3,(H,30,31). The van der Waals surface area contributed by atoms with E-state index >= 15 is 0 Å². The molecule has 9 heteroatoms. The number of pyridine rings is 2. The fraction of sp³-hybridized carbons (Fsp3) is 0.261. The van der Waals surface area contributed by atoms with Gasteiger partial charge in [0.15, 0.2) is 0 Å². The summed E-state index contributed by atoms with van der Waals surface area (Å²) in [4.78, 5) is 29.9. The largest absolute Gasteiger partial charge is 0.477 e. The second-order valence-corrected chi connectivity index (χ2v) is 8.58. The van der Waals surface area contributed by atoms with Gasteiger partial charge in [-0.25, -0.2) is 9.78 Å². The highest BCUT2D eigenvalue weighted by Gasteiger charge is 2.26. The summed E-state index contributed by atoms with van der Waals surface area (Å²) in [7, 11) is 0. The number of hydrogen-bond donors (Lipinski definition) is 1. The fourth-order valence-corrected chi connectivity index (χ4v) is 4.13. The third kappa shape index (κ3) is 4.63. The first-order valence-electron chi connectivity index (χ1n) is 9.85. The second-order valence-electron chi connectivity index (χ2n) is 7.37. The fourth-order valence-electron chi connectivity index (χ4n) is 3.63. The predicted octanol–water partition coefficient (Wildman–Crippen LogP) is 6.35. The molecule has 0 aliphatic carbocycles. The van der Waals surface area contributed by atoms with E-state index in [-0.39, 0.29) is 39.0 Å². The Bertz CT molecular complexity index is 1270. The van der Waals surface area contributed by atoms with Gasteiger partial charge in [0.2, 0.25) is 11.3 Å². The van der Waals surface area contributed by atoms with Crippen LogP contribution >= 0.6 is 34.8 Å². The van der Waals surface area contributed by atoms with Gasteiger partial charge in [-0.2, -0.15) is 0 Å². The van der Waals surface area contributed by atoms with Crippen molar-refractivity contribution in [1.29, 1.82) is 0 Å². The van der Waals surface area contributed by atoms with Crippen molar-refractivity contribution in [1.82, 2.24) is 9.55 Å². The Labute approximate surface area is 200 Å². The lowest BCUT2D eigenvalue weighted by Gasteiger charge is -2.21. The van der Waals surface area contributed by atoms with Crippen LogP contribution in [0.1, 0.15) is 36.8 Å². The van der Waals surface area contributed by atoms with Crippen LogP contribution in [0.25, 0.3) is 22.4 Å². The van der Waals surface area contributed by atoms with Crippen molar-refractivity contribution in [2.45, 2.75) is 40.3 Å². The minimum Gasteiger partial charge on any atom is -0.477 e. The lowest BCUT2D eigenvalue weighted by Crippen LogP contribution is -2.25. The van der Waals surface area contributed by atoms with Crippen molar-refractivity contribution >= 4 is 40.8 Å². The highest BCUT2D eigenvalue weighted by Crippen LogP contribution is 2.34. The first-order valence-corrected chi connectivity index (χ1v) is 11.0. The molecule has 1 N–H and O–H groups in total. The SMILES string of the molecule is CCn1c(C)c(-c2cc(Cl)nc(OC(C)C)c2)c(=O)c(C(=O)O)c1-c1ccc(Cl)c(Cl)c1. The summed E-state index contributed by atoms with van der Waals surface area (Å²) in [6, 6.07) is 7.85. The molecule has 0 amide bonds. The number of benzene rings is 1. The highest BCUT2D eigenvalue weighted by molar-refractivity contribution is 6.42. The molecule has 0 saturated carbocycles. The van der Waals surface area contributed by atoms with Crippen LogP contribution in [0, 0.1) is 6.92 Å². The van der Waals surface area contributed by atoms with Crippen LogP contribution in [0.3, 0.4) is 0 Å². The minimum atomic E-state index is -1.35. The monoisotopic (exact) mass is 494 g/mol. The number of carboxylic acids is 1. The Morgan fingerprint density at radius 2 is 1.81 bits per heavy atom. The van der Waals surface area contributed by atoms with E-state index in [4.69, 9.17) is 39.5 Å². The van der Waals surface area contributed by atoms with Crippen LogP contribution in [0.5, 0.6) is 5.88 Å². The number of carboxylic acid groups (broad SMARTS) is 1. The first kappa shape index (κ1) is 24.1. The molecule has 32 heavy (non-hydrogen) atoms. The Morgan fingerprint density at radius 1 is 1.12 bits per heavy atom. The third-order valence-electron chi connectivity index (χ3n) is 4.87. The smallest absolute Gasteiger partial charge is 0.341 e. The Kier molecular flexibility index (Phi) is 7.18. The molecule has 1 aromatic carbocycles. The van der Waals surface area contributed by atoms with Gasteiger partial charge in [0.1, 0.15) is 10.7 Å². The average Bonchev–Trinajstić information content (AvgIpc) is 2.68. The number of aromatic carboxylic acids is 1. The van der Waals surface area contributed by atoms with E-state index in [1.54, 1.807) is 35.8 Å². The van der Waals surface area contributed by atoms with E-state index in [9.17, 15) is 14.7 Å². The summed E-state index contributed by atoms with van der Waals surface area (Å²) in [5.41, 5.74) is 0.926. The molecule has 0 atom stereocenters. The Hall–Kier alpha value is -2.54. The number of carbonyl (C=O) groups is 1. The van der Waals surface area contributed by atoms with E-state index in [2.05, 4.69) is 4.98 Å².